The van der Waals surface area contributed by atoms with E-state index in [-0.39, 0.29) is 5.75 Å². The molecule has 0 fully saturated rings. The largest absolute Gasteiger partial charge is 0.316 e. The van der Waals surface area contributed by atoms with Crippen LogP contribution in [0.5, 0.6) is 0 Å². The van der Waals surface area contributed by atoms with Gasteiger partial charge in [0, 0.05) is 19.8 Å². The number of aromatic nitrogens is 1. The highest BCUT2D eigenvalue weighted by Crippen LogP contribution is 2.04. The van der Waals surface area contributed by atoms with E-state index in [2.05, 4.69) is 17.2 Å². The standard InChI is InChI=1S/C12H21N3O2S/c1-3-7-13-9-10-18(16,17)15(2)11-12-6-4-5-8-14-12/h4-6,8,13H,3,7,9-11H2,1-2H3. The molecule has 1 aromatic heterocycles. The molecule has 0 saturated heterocycles. The van der Waals surface area contributed by atoms with Crippen molar-refractivity contribution in [2.24, 2.45) is 0 Å². The van der Waals surface area contributed by atoms with Crippen LogP contribution in [0.2, 0.25) is 0 Å². The summed E-state index contributed by atoms with van der Waals surface area (Å²) in [5.74, 6) is 0.121. The Morgan fingerprint density at radius 1 is 1.33 bits per heavy atom. The van der Waals surface area contributed by atoms with E-state index in [1.165, 1.54) is 4.31 Å². The van der Waals surface area contributed by atoms with Crippen molar-refractivity contribution in [2.75, 3.05) is 25.9 Å². The first-order valence-corrected chi connectivity index (χ1v) is 7.72. The van der Waals surface area contributed by atoms with Crippen molar-refractivity contribution in [1.29, 1.82) is 0 Å². The number of rotatable bonds is 8. The fourth-order valence-electron chi connectivity index (χ4n) is 1.48. The zero-order chi connectivity index (χ0) is 13.4. The smallest absolute Gasteiger partial charge is 0.215 e. The van der Waals surface area contributed by atoms with Crippen LogP contribution in [0.15, 0.2) is 24.4 Å². The summed E-state index contributed by atoms with van der Waals surface area (Å²) < 4.78 is 25.3. The third-order valence-electron chi connectivity index (χ3n) is 2.55. The summed E-state index contributed by atoms with van der Waals surface area (Å²) in [7, 11) is -1.62. The molecule has 0 aliphatic rings. The Morgan fingerprint density at radius 2 is 2.11 bits per heavy atom. The van der Waals surface area contributed by atoms with Gasteiger partial charge in [0.05, 0.1) is 18.0 Å². The molecule has 0 saturated carbocycles. The molecule has 0 spiro atoms. The molecule has 1 aromatic rings. The van der Waals surface area contributed by atoms with Gasteiger partial charge in [-0.1, -0.05) is 13.0 Å². The van der Waals surface area contributed by atoms with Gasteiger partial charge in [0.15, 0.2) is 0 Å². The van der Waals surface area contributed by atoms with E-state index in [1.54, 1.807) is 13.2 Å². The Kier molecular flexibility index (Phi) is 6.24. The second-order valence-electron chi connectivity index (χ2n) is 4.14. The van der Waals surface area contributed by atoms with Crippen molar-refractivity contribution in [3.05, 3.63) is 30.1 Å². The zero-order valence-corrected chi connectivity index (χ0v) is 11.8. The van der Waals surface area contributed by atoms with E-state index in [0.29, 0.717) is 13.1 Å². The first kappa shape index (κ1) is 15.1. The van der Waals surface area contributed by atoms with Gasteiger partial charge in [-0.15, -0.1) is 0 Å². The van der Waals surface area contributed by atoms with Crippen molar-refractivity contribution in [3.63, 3.8) is 0 Å². The molecule has 0 amide bonds. The lowest BCUT2D eigenvalue weighted by Gasteiger charge is -2.16. The number of nitrogens with zero attached hydrogens (tertiary/aromatic N) is 2. The minimum Gasteiger partial charge on any atom is -0.316 e. The molecule has 0 atom stereocenters. The number of nitrogens with one attached hydrogen (secondary N) is 1. The van der Waals surface area contributed by atoms with Crippen LogP contribution in [0.3, 0.4) is 0 Å². The number of hydrogen-bond donors (Lipinski definition) is 1. The summed E-state index contributed by atoms with van der Waals surface area (Å²) in [4.78, 5) is 4.12. The summed E-state index contributed by atoms with van der Waals surface area (Å²) >= 11 is 0. The second kappa shape index (κ2) is 7.45. The molecule has 0 unspecified atom stereocenters. The van der Waals surface area contributed by atoms with Crippen LogP contribution in [0.4, 0.5) is 0 Å². The molecule has 0 aromatic carbocycles. The minimum atomic E-state index is -3.21. The Balaban J connectivity index is 2.46. The lowest BCUT2D eigenvalue weighted by molar-refractivity contribution is 0.460. The fourth-order valence-corrected chi connectivity index (χ4v) is 2.52. The number of hydrogen-bond acceptors (Lipinski definition) is 4. The van der Waals surface area contributed by atoms with E-state index in [4.69, 9.17) is 0 Å². The van der Waals surface area contributed by atoms with E-state index in [1.807, 2.05) is 18.2 Å². The van der Waals surface area contributed by atoms with E-state index >= 15 is 0 Å². The molecule has 5 nitrogen and oxygen atoms in total. The topological polar surface area (TPSA) is 62.3 Å². The predicted octanol–water partition coefficient (Wildman–Crippen LogP) is 0.843. The van der Waals surface area contributed by atoms with Gasteiger partial charge in [0.2, 0.25) is 10.0 Å². The lowest BCUT2D eigenvalue weighted by Crippen LogP contribution is -2.33. The monoisotopic (exact) mass is 271 g/mol. The van der Waals surface area contributed by atoms with Crippen molar-refractivity contribution in [1.82, 2.24) is 14.6 Å². The third kappa shape index (κ3) is 5.12. The number of sulfonamides is 1. The average molecular weight is 271 g/mol. The zero-order valence-electron chi connectivity index (χ0n) is 11.0. The van der Waals surface area contributed by atoms with E-state index < -0.39 is 10.0 Å². The maximum Gasteiger partial charge on any atom is 0.215 e. The predicted molar refractivity (Wildman–Crippen MR) is 72.7 cm³/mol. The molecule has 0 aliphatic heterocycles. The van der Waals surface area contributed by atoms with Gasteiger partial charge in [0.1, 0.15) is 0 Å². The van der Waals surface area contributed by atoms with E-state index in [9.17, 15) is 8.42 Å². The summed E-state index contributed by atoms with van der Waals surface area (Å²) in [5.41, 5.74) is 0.755. The van der Waals surface area contributed by atoms with Gasteiger partial charge in [0.25, 0.3) is 0 Å². The van der Waals surface area contributed by atoms with Crippen molar-refractivity contribution >= 4 is 10.0 Å². The van der Waals surface area contributed by atoms with Crippen molar-refractivity contribution in [3.8, 4) is 0 Å². The second-order valence-corrected chi connectivity index (χ2v) is 6.34. The molecular formula is C12H21N3O2S. The molecular weight excluding hydrogens is 250 g/mol. The third-order valence-corrected chi connectivity index (χ3v) is 4.35. The fraction of sp³-hybridized carbons (Fsp3) is 0.583. The minimum absolute atomic E-state index is 0.121. The van der Waals surface area contributed by atoms with Gasteiger partial charge in [-0.05, 0) is 25.1 Å². The van der Waals surface area contributed by atoms with Gasteiger partial charge in [-0.2, -0.15) is 4.31 Å². The van der Waals surface area contributed by atoms with Crippen LogP contribution in [0, 0.1) is 0 Å². The SMILES string of the molecule is CCCNCCS(=O)(=O)N(C)Cc1ccccn1. The van der Waals surface area contributed by atoms with Gasteiger partial charge in [-0.25, -0.2) is 8.42 Å². The summed E-state index contributed by atoms with van der Waals surface area (Å²) in [6.07, 6.45) is 2.67. The first-order valence-electron chi connectivity index (χ1n) is 6.11. The van der Waals surface area contributed by atoms with E-state index in [0.717, 1.165) is 18.7 Å². The Hall–Kier alpha value is -0.980. The highest BCUT2D eigenvalue weighted by atomic mass is 32.2. The molecule has 1 N–H and O–H groups in total. The van der Waals surface area contributed by atoms with Crippen molar-refractivity contribution in [2.45, 2.75) is 19.9 Å². The van der Waals surface area contributed by atoms with Crippen molar-refractivity contribution < 1.29 is 8.42 Å². The van der Waals surface area contributed by atoms with Gasteiger partial charge in [-0.3, -0.25) is 4.98 Å². The molecule has 1 heterocycles. The molecule has 0 bridgehead atoms. The Bertz CT molecular complexity index is 434. The van der Waals surface area contributed by atoms with Crippen LogP contribution in [0.25, 0.3) is 0 Å². The normalized spacial score (nSPS) is 11.9. The lowest BCUT2D eigenvalue weighted by atomic mass is 10.3. The maximum absolute atomic E-state index is 12.0. The summed E-state index contributed by atoms with van der Waals surface area (Å²) in [6.45, 7) is 3.70. The molecule has 6 heteroatoms. The average Bonchev–Trinajstić information content (AvgIpc) is 2.36. The highest BCUT2D eigenvalue weighted by molar-refractivity contribution is 7.89. The van der Waals surface area contributed by atoms with Gasteiger partial charge >= 0.3 is 0 Å². The molecule has 18 heavy (non-hydrogen) atoms. The maximum atomic E-state index is 12.0. The molecule has 0 aliphatic carbocycles. The first-order chi connectivity index (χ1) is 8.56. The Morgan fingerprint density at radius 3 is 2.72 bits per heavy atom. The Labute approximate surface area is 109 Å². The molecule has 1 rings (SSSR count). The quantitative estimate of drug-likeness (QED) is 0.712. The van der Waals surface area contributed by atoms with Crippen LogP contribution in [0.1, 0.15) is 19.0 Å². The van der Waals surface area contributed by atoms with Crippen LogP contribution in [-0.4, -0.2) is 43.6 Å². The highest BCUT2D eigenvalue weighted by Gasteiger charge is 2.17. The molecule has 102 valence electrons. The van der Waals surface area contributed by atoms with Crippen LogP contribution < -0.4 is 5.32 Å². The van der Waals surface area contributed by atoms with Crippen LogP contribution in [-0.2, 0) is 16.6 Å². The van der Waals surface area contributed by atoms with Crippen LogP contribution >= 0.6 is 0 Å². The van der Waals surface area contributed by atoms with Gasteiger partial charge < -0.3 is 5.32 Å². The molecule has 0 radical (unpaired) electrons. The summed E-state index contributed by atoms with van der Waals surface area (Å²) in [6, 6.07) is 5.49. The summed E-state index contributed by atoms with van der Waals surface area (Å²) in [5, 5.41) is 3.09. The number of pyridine rings is 1.